The fourth-order valence-corrected chi connectivity index (χ4v) is 2.23. The molecular formula is C28H38N2. The standard InChI is InChI=1S/C22H20N2.3C2H6/c1-17-3-11-21(12-4-17)23-15-19-7-9-20(10-8-19)16-24-22-13-5-18(2)6-14-22;3*1-2/h3-16H,1-2H3;3*1-2H3. The van der Waals surface area contributed by atoms with E-state index in [4.69, 9.17) is 0 Å². The van der Waals surface area contributed by atoms with Crippen molar-refractivity contribution in [2.45, 2.75) is 55.4 Å². The molecule has 3 rings (SSSR count). The highest BCUT2D eigenvalue weighted by atomic mass is 14.7. The summed E-state index contributed by atoms with van der Waals surface area (Å²) in [4.78, 5) is 8.98. The first-order valence-electron chi connectivity index (χ1n) is 11.0. The molecule has 0 spiro atoms. The quantitative estimate of drug-likeness (QED) is 0.389. The molecule has 0 saturated heterocycles. The molecule has 0 atom stereocenters. The number of hydrogen-bond donors (Lipinski definition) is 0. The first kappa shape index (κ1) is 27.0. The van der Waals surface area contributed by atoms with Crippen LogP contribution in [0.2, 0.25) is 0 Å². The third-order valence-corrected chi connectivity index (χ3v) is 3.73. The SMILES string of the molecule is CC.CC.CC.Cc1ccc(N=Cc2ccc(C=Nc3ccc(C)cc3)cc2)cc1. The highest BCUT2D eigenvalue weighted by Gasteiger charge is 1.92. The lowest BCUT2D eigenvalue weighted by atomic mass is 10.1. The van der Waals surface area contributed by atoms with Gasteiger partial charge in [0.2, 0.25) is 0 Å². The number of benzene rings is 3. The van der Waals surface area contributed by atoms with Crippen LogP contribution in [0.3, 0.4) is 0 Å². The van der Waals surface area contributed by atoms with Gasteiger partial charge in [0.25, 0.3) is 0 Å². The van der Waals surface area contributed by atoms with Gasteiger partial charge >= 0.3 is 0 Å². The van der Waals surface area contributed by atoms with Crippen LogP contribution in [-0.4, -0.2) is 12.4 Å². The minimum Gasteiger partial charge on any atom is -0.256 e. The first-order valence-corrected chi connectivity index (χ1v) is 11.0. The summed E-state index contributed by atoms with van der Waals surface area (Å²) in [5.74, 6) is 0. The molecule has 160 valence electrons. The van der Waals surface area contributed by atoms with Crippen molar-refractivity contribution in [3.63, 3.8) is 0 Å². The molecule has 0 unspecified atom stereocenters. The molecule has 2 nitrogen and oxygen atoms in total. The minimum absolute atomic E-state index is 0.964. The molecule has 0 saturated carbocycles. The maximum Gasteiger partial charge on any atom is 0.0630 e. The van der Waals surface area contributed by atoms with Gasteiger partial charge in [0, 0.05) is 12.4 Å². The average Bonchev–Trinajstić information content (AvgIpc) is 2.83. The topological polar surface area (TPSA) is 24.7 Å². The number of rotatable bonds is 4. The summed E-state index contributed by atoms with van der Waals surface area (Å²) in [6.45, 7) is 16.1. The minimum atomic E-state index is 0.964. The molecule has 0 amide bonds. The highest BCUT2D eigenvalue weighted by Crippen LogP contribution is 2.14. The third-order valence-electron chi connectivity index (χ3n) is 3.73. The Morgan fingerprint density at radius 1 is 0.433 bits per heavy atom. The van der Waals surface area contributed by atoms with Crippen molar-refractivity contribution in [2.24, 2.45) is 9.98 Å². The van der Waals surface area contributed by atoms with E-state index in [2.05, 4.69) is 48.1 Å². The highest BCUT2D eigenvalue weighted by molar-refractivity contribution is 5.86. The van der Waals surface area contributed by atoms with Gasteiger partial charge in [-0.05, 0) is 49.2 Å². The molecule has 3 aromatic rings. The van der Waals surface area contributed by atoms with Crippen LogP contribution in [0.4, 0.5) is 11.4 Å². The molecule has 0 heterocycles. The van der Waals surface area contributed by atoms with Crippen LogP contribution in [0, 0.1) is 13.8 Å². The van der Waals surface area contributed by atoms with E-state index in [1.807, 2.05) is 103 Å². The lowest BCUT2D eigenvalue weighted by Gasteiger charge is -1.98. The second kappa shape index (κ2) is 16.9. The maximum atomic E-state index is 4.49. The van der Waals surface area contributed by atoms with Gasteiger partial charge in [-0.25, -0.2) is 0 Å². The summed E-state index contributed by atoms with van der Waals surface area (Å²) in [6.07, 6.45) is 3.76. The van der Waals surface area contributed by atoms with Gasteiger partial charge in [-0.2, -0.15) is 0 Å². The van der Waals surface area contributed by atoms with Crippen LogP contribution in [-0.2, 0) is 0 Å². The Labute approximate surface area is 184 Å². The van der Waals surface area contributed by atoms with Gasteiger partial charge < -0.3 is 0 Å². The second-order valence-corrected chi connectivity index (χ2v) is 5.85. The maximum absolute atomic E-state index is 4.49. The normalized spacial score (nSPS) is 9.73. The molecule has 0 N–H and O–H groups in total. The molecule has 0 aliphatic rings. The summed E-state index contributed by atoms with van der Waals surface area (Å²) < 4.78 is 0. The smallest absolute Gasteiger partial charge is 0.0630 e. The van der Waals surface area contributed by atoms with Gasteiger partial charge in [0.15, 0.2) is 0 Å². The van der Waals surface area contributed by atoms with Crippen molar-refractivity contribution in [1.29, 1.82) is 0 Å². The van der Waals surface area contributed by atoms with Crippen molar-refractivity contribution in [1.82, 2.24) is 0 Å². The van der Waals surface area contributed by atoms with E-state index in [1.54, 1.807) is 0 Å². The summed E-state index contributed by atoms with van der Waals surface area (Å²) in [5.41, 5.74) is 6.56. The number of aryl methyl sites for hydroxylation is 2. The largest absolute Gasteiger partial charge is 0.256 e. The van der Waals surface area contributed by atoms with E-state index >= 15 is 0 Å². The Morgan fingerprint density at radius 3 is 0.967 bits per heavy atom. The van der Waals surface area contributed by atoms with Crippen molar-refractivity contribution in [3.05, 3.63) is 95.1 Å². The summed E-state index contributed by atoms with van der Waals surface area (Å²) in [6, 6.07) is 24.6. The molecule has 0 aliphatic carbocycles. The predicted octanol–water partition coefficient (Wildman–Crippen LogP) is 8.88. The monoisotopic (exact) mass is 402 g/mol. The van der Waals surface area contributed by atoms with Crippen LogP contribution < -0.4 is 0 Å². The lowest BCUT2D eigenvalue weighted by molar-refractivity contribution is 1.43. The Morgan fingerprint density at radius 2 is 0.700 bits per heavy atom. The lowest BCUT2D eigenvalue weighted by Crippen LogP contribution is -1.84. The van der Waals surface area contributed by atoms with Gasteiger partial charge in [-0.15, -0.1) is 0 Å². The van der Waals surface area contributed by atoms with Crippen molar-refractivity contribution >= 4 is 23.8 Å². The van der Waals surface area contributed by atoms with Crippen molar-refractivity contribution in [2.75, 3.05) is 0 Å². The summed E-state index contributed by atoms with van der Waals surface area (Å²) in [5, 5.41) is 0. The Balaban J connectivity index is 0.00000129. The van der Waals surface area contributed by atoms with E-state index in [9.17, 15) is 0 Å². The molecule has 3 aromatic carbocycles. The van der Waals surface area contributed by atoms with E-state index < -0.39 is 0 Å². The zero-order valence-corrected chi connectivity index (χ0v) is 20.0. The van der Waals surface area contributed by atoms with Crippen molar-refractivity contribution in [3.8, 4) is 0 Å². The Hall–Kier alpha value is -3.00. The molecule has 30 heavy (non-hydrogen) atoms. The van der Waals surface area contributed by atoms with E-state index in [-0.39, 0.29) is 0 Å². The summed E-state index contributed by atoms with van der Waals surface area (Å²) in [7, 11) is 0. The second-order valence-electron chi connectivity index (χ2n) is 5.85. The van der Waals surface area contributed by atoms with Crippen LogP contribution in [0.25, 0.3) is 0 Å². The number of nitrogens with zero attached hydrogens (tertiary/aromatic N) is 2. The molecule has 2 heteroatoms. The van der Waals surface area contributed by atoms with Gasteiger partial charge in [-0.1, -0.05) is 101 Å². The molecule has 0 bridgehead atoms. The fourth-order valence-electron chi connectivity index (χ4n) is 2.23. The predicted molar refractivity (Wildman–Crippen MR) is 137 cm³/mol. The molecule has 0 fully saturated rings. The van der Waals surface area contributed by atoms with Crippen LogP contribution in [0.1, 0.15) is 63.8 Å². The molecule has 0 radical (unpaired) electrons. The van der Waals surface area contributed by atoms with E-state index in [0.717, 1.165) is 22.5 Å². The van der Waals surface area contributed by atoms with Crippen molar-refractivity contribution < 1.29 is 0 Å². The third kappa shape index (κ3) is 10.5. The molecule has 0 aliphatic heterocycles. The first-order chi connectivity index (χ1) is 14.7. The number of hydrogen-bond acceptors (Lipinski definition) is 2. The van der Waals surface area contributed by atoms with Gasteiger partial charge in [0.05, 0.1) is 11.4 Å². The molecule has 0 aromatic heterocycles. The average molecular weight is 403 g/mol. The van der Waals surface area contributed by atoms with E-state index in [1.165, 1.54) is 11.1 Å². The summed E-state index contributed by atoms with van der Waals surface area (Å²) >= 11 is 0. The zero-order valence-electron chi connectivity index (χ0n) is 20.0. The van der Waals surface area contributed by atoms with Gasteiger partial charge in [-0.3, -0.25) is 9.98 Å². The van der Waals surface area contributed by atoms with Crippen LogP contribution >= 0.6 is 0 Å². The van der Waals surface area contributed by atoms with Crippen LogP contribution in [0.5, 0.6) is 0 Å². The Kier molecular flexibility index (Phi) is 15.2. The van der Waals surface area contributed by atoms with Crippen LogP contribution in [0.15, 0.2) is 82.8 Å². The zero-order chi connectivity index (χ0) is 22.8. The van der Waals surface area contributed by atoms with E-state index in [0.29, 0.717) is 0 Å². The number of aliphatic imine (C=N–C) groups is 2. The molecular weight excluding hydrogens is 364 g/mol. The Bertz CT molecular complexity index is 766. The van der Waals surface area contributed by atoms with Gasteiger partial charge in [0.1, 0.15) is 0 Å². The fraction of sp³-hybridized carbons (Fsp3) is 0.286.